The third-order valence-electron chi connectivity index (χ3n) is 5.52. The predicted octanol–water partition coefficient (Wildman–Crippen LogP) is 3.05. The predicted molar refractivity (Wildman–Crippen MR) is 100 cm³/mol. The number of fused-ring (bicyclic) bond motifs is 3. The number of hydrogen-bond donors (Lipinski definition) is 0. The molecule has 1 aliphatic carbocycles. The monoisotopic (exact) mass is 359 g/mol. The molecule has 0 atom stereocenters. The van der Waals surface area contributed by atoms with Crippen LogP contribution in [0.5, 0.6) is 0 Å². The standard InChI is InChI=1S/C19H25N3O2S/c1-13-20-18-17(14-8-4-5-9-15(14)25-18)19(24)22(13)12-16(23)21-10-6-2-3-7-11-21/h2-12H2,1H3. The highest BCUT2D eigenvalue weighted by Crippen LogP contribution is 2.33. The molecule has 1 amide bonds. The quantitative estimate of drug-likeness (QED) is 0.828. The summed E-state index contributed by atoms with van der Waals surface area (Å²) in [6, 6.07) is 0. The molecule has 134 valence electrons. The van der Waals surface area contributed by atoms with E-state index in [0.29, 0.717) is 5.82 Å². The summed E-state index contributed by atoms with van der Waals surface area (Å²) in [5.41, 5.74) is 1.17. The summed E-state index contributed by atoms with van der Waals surface area (Å²) in [7, 11) is 0. The van der Waals surface area contributed by atoms with Gasteiger partial charge in [0.05, 0.1) is 5.39 Å². The Bertz CT molecular complexity index is 860. The van der Waals surface area contributed by atoms with Crippen molar-refractivity contribution in [3.63, 3.8) is 0 Å². The molecule has 25 heavy (non-hydrogen) atoms. The molecular weight excluding hydrogens is 334 g/mol. The summed E-state index contributed by atoms with van der Waals surface area (Å²) in [4.78, 5) is 34.6. The number of carbonyl (C=O) groups is 1. The van der Waals surface area contributed by atoms with E-state index in [9.17, 15) is 9.59 Å². The van der Waals surface area contributed by atoms with Crippen molar-refractivity contribution >= 4 is 27.5 Å². The van der Waals surface area contributed by atoms with Gasteiger partial charge in [0, 0.05) is 18.0 Å². The van der Waals surface area contributed by atoms with Crippen LogP contribution in [-0.4, -0.2) is 33.4 Å². The van der Waals surface area contributed by atoms with Crippen molar-refractivity contribution in [1.82, 2.24) is 14.5 Å². The number of amides is 1. The molecule has 4 rings (SSSR count). The van der Waals surface area contributed by atoms with Gasteiger partial charge in [-0.1, -0.05) is 12.8 Å². The summed E-state index contributed by atoms with van der Waals surface area (Å²) in [5, 5.41) is 0.772. The number of nitrogens with zero attached hydrogens (tertiary/aromatic N) is 3. The Balaban J connectivity index is 1.69. The lowest BCUT2D eigenvalue weighted by atomic mass is 9.97. The first-order chi connectivity index (χ1) is 12.1. The van der Waals surface area contributed by atoms with E-state index in [1.807, 2.05) is 11.8 Å². The van der Waals surface area contributed by atoms with Gasteiger partial charge in [0.25, 0.3) is 5.56 Å². The van der Waals surface area contributed by atoms with Crippen molar-refractivity contribution in [1.29, 1.82) is 0 Å². The zero-order valence-electron chi connectivity index (χ0n) is 14.8. The van der Waals surface area contributed by atoms with Crippen LogP contribution in [0.1, 0.15) is 54.8 Å². The average Bonchev–Trinajstić information content (AvgIpc) is 2.78. The fourth-order valence-electron chi connectivity index (χ4n) is 4.08. The zero-order valence-corrected chi connectivity index (χ0v) is 15.7. The topological polar surface area (TPSA) is 55.2 Å². The van der Waals surface area contributed by atoms with Crippen LogP contribution in [0.4, 0.5) is 0 Å². The number of hydrogen-bond acceptors (Lipinski definition) is 4. The van der Waals surface area contributed by atoms with E-state index in [1.165, 1.54) is 29.7 Å². The van der Waals surface area contributed by atoms with Gasteiger partial charge in [0.1, 0.15) is 17.2 Å². The van der Waals surface area contributed by atoms with E-state index >= 15 is 0 Å². The number of rotatable bonds is 2. The Kier molecular flexibility index (Phi) is 4.63. The second-order valence-electron chi connectivity index (χ2n) is 7.24. The summed E-state index contributed by atoms with van der Waals surface area (Å²) >= 11 is 1.67. The molecule has 2 aromatic heterocycles. The number of aromatic nitrogens is 2. The summed E-state index contributed by atoms with van der Waals surface area (Å²) < 4.78 is 1.59. The van der Waals surface area contributed by atoms with Crippen molar-refractivity contribution in [3.05, 3.63) is 26.6 Å². The minimum Gasteiger partial charge on any atom is -0.341 e. The van der Waals surface area contributed by atoms with Gasteiger partial charge in [-0.25, -0.2) is 4.98 Å². The minimum absolute atomic E-state index is 0.0231. The van der Waals surface area contributed by atoms with Crippen LogP contribution in [0.3, 0.4) is 0 Å². The van der Waals surface area contributed by atoms with Gasteiger partial charge in [-0.05, 0) is 51.0 Å². The van der Waals surface area contributed by atoms with Crippen LogP contribution < -0.4 is 5.56 Å². The first-order valence-corrected chi connectivity index (χ1v) is 10.3. The highest BCUT2D eigenvalue weighted by molar-refractivity contribution is 7.18. The first kappa shape index (κ1) is 16.8. The van der Waals surface area contributed by atoms with Crippen molar-refractivity contribution < 1.29 is 4.79 Å². The molecule has 0 bridgehead atoms. The lowest BCUT2D eigenvalue weighted by Gasteiger charge is -2.21. The van der Waals surface area contributed by atoms with Crippen molar-refractivity contribution in [3.8, 4) is 0 Å². The molecule has 3 heterocycles. The third-order valence-corrected chi connectivity index (χ3v) is 6.70. The second kappa shape index (κ2) is 6.90. The third kappa shape index (κ3) is 3.12. The lowest BCUT2D eigenvalue weighted by molar-refractivity contribution is -0.131. The molecule has 0 radical (unpaired) electrons. The van der Waals surface area contributed by atoms with Gasteiger partial charge in [0.15, 0.2) is 0 Å². The highest BCUT2D eigenvalue weighted by atomic mass is 32.1. The first-order valence-electron chi connectivity index (χ1n) is 9.44. The smallest absolute Gasteiger partial charge is 0.263 e. The van der Waals surface area contributed by atoms with Crippen LogP contribution in [0.25, 0.3) is 10.2 Å². The van der Waals surface area contributed by atoms with Gasteiger partial charge >= 0.3 is 0 Å². The van der Waals surface area contributed by atoms with Crippen molar-refractivity contribution in [2.45, 2.75) is 64.8 Å². The molecule has 0 unspecified atom stereocenters. The highest BCUT2D eigenvalue weighted by Gasteiger charge is 2.23. The molecule has 1 fully saturated rings. The average molecular weight is 359 g/mol. The molecule has 0 N–H and O–H groups in total. The van der Waals surface area contributed by atoms with Crippen LogP contribution >= 0.6 is 11.3 Å². The van der Waals surface area contributed by atoms with E-state index in [-0.39, 0.29) is 18.0 Å². The molecule has 5 nitrogen and oxygen atoms in total. The van der Waals surface area contributed by atoms with E-state index in [1.54, 1.807) is 15.9 Å². The Labute approximate surface area is 151 Å². The molecule has 2 aromatic rings. The number of thiophene rings is 1. The van der Waals surface area contributed by atoms with E-state index in [4.69, 9.17) is 0 Å². The summed E-state index contributed by atoms with van der Waals surface area (Å²) in [6.45, 7) is 3.60. The van der Waals surface area contributed by atoms with Gasteiger partial charge in [-0.2, -0.15) is 0 Å². The van der Waals surface area contributed by atoms with E-state index < -0.39 is 0 Å². The normalized spacial score (nSPS) is 18.2. The Morgan fingerprint density at radius 3 is 2.56 bits per heavy atom. The molecular formula is C19H25N3O2S. The zero-order chi connectivity index (χ0) is 17.4. The maximum Gasteiger partial charge on any atom is 0.263 e. The Morgan fingerprint density at radius 1 is 1.08 bits per heavy atom. The SMILES string of the molecule is Cc1nc2sc3c(c2c(=O)n1CC(=O)N1CCCCCC1)CCCC3. The van der Waals surface area contributed by atoms with Gasteiger partial charge in [0.2, 0.25) is 5.91 Å². The maximum absolute atomic E-state index is 13.1. The molecule has 0 aromatic carbocycles. The molecule has 0 spiro atoms. The van der Waals surface area contributed by atoms with Crippen LogP contribution in [0.15, 0.2) is 4.79 Å². The fourth-order valence-corrected chi connectivity index (χ4v) is 5.38. The Hall–Kier alpha value is -1.69. The molecule has 6 heteroatoms. The van der Waals surface area contributed by atoms with Crippen molar-refractivity contribution in [2.24, 2.45) is 0 Å². The number of carbonyl (C=O) groups excluding carboxylic acids is 1. The molecule has 0 saturated carbocycles. The lowest BCUT2D eigenvalue weighted by Crippen LogP contribution is -2.38. The largest absolute Gasteiger partial charge is 0.341 e. The van der Waals surface area contributed by atoms with Gasteiger partial charge < -0.3 is 4.90 Å². The van der Waals surface area contributed by atoms with Crippen LogP contribution in [0.2, 0.25) is 0 Å². The van der Waals surface area contributed by atoms with Crippen LogP contribution in [0, 0.1) is 6.92 Å². The molecule has 1 aliphatic heterocycles. The Morgan fingerprint density at radius 2 is 1.80 bits per heavy atom. The van der Waals surface area contributed by atoms with Gasteiger partial charge in [-0.3, -0.25) is 14.2 Å². The maximum atomic E-state index is 13.1. The van der Waals surface area contributed by atoms with Crippen molar-refractivity contribution in [2.75, 3.05) is 13.1 Å². The number of likely N-dealkylation sites (tertiary alicyclic amines) is 1. The molecule has 1 saturated heterocycles. The summed E-state index contributed by atoms with van der Waals surface area (Å²) in [6.07, 6.45) is 8.87. The van der Waals surface area contributed by atoms with Gasteiger partial charge in [-0.15, -0.1) is 11.3 Å². The fraction of sp³-hybridized carbons (Fsp3) is 0.632. The number of aryl methyl sites for hydroxylation is 3. The van der Waals surface area contributed by atoms with Crippen LogP contribution in [-0.2, 0) is 24.2 Å². The molecule has 2 aliphatic rings. The van der Waals surface area contributed by atoms with E-state index in [2.05, 4.69) is 4.98 Å². The van der Waals surface area contributed by atoms with E-state index in [0.717, 1.165) is 55.4 Å². The second-order valence-corrected chi connectivity index (χ2v) is 8.32. The minimum atomic E-state index is -0.0231. The summed E-state index contributed by atoms with van der Waals surface area (Å²) in [5.74, 6) is 0.705.